The fraction of sp³-hybridized carbons (Fsp3) is 0.0769. The van der Waals surface area contributed by atoms with E-state index in [1.165, 1.54) is 17.8 Å². The highest BCUT2D eigenvalue weighted by molar-refractivity contribution is 7.99. The van der Waals surface area contributed by atoms with Gasteiger partial charge in [-0.05, 0) is 42.8 Å². The average molecular weight is 233 g/mol. The van der Waals surface area contributed by atoms with Gasteiger partial charge in [0.25, 0.3) is 0 Å². The minimum absolute atomic E-state index is 0.191. The van der Waals surface area contributed by atoms with Gasteiger partial charge in [-0.2, -0.15) is 0 Å². The van der Waals surface area contributed by atoms with Crippen LogP contribution in [0.25, 0.3) is 0 Å². The van der Waals surface area contributed by atoms with Gasteiger partial charge in [0, 0.05) is 15.5 Å². The molecule has 0 aliphatic carbocycles. The van der Waals surface area contributed by atoms with Crippen LogP contribution in [0.4, 0.5) is 10.1 Å². The molecule has 2 aromatic rings. The smallest absolute Gasteiger partial charge is 0.137 e. The third-order valence-electron chi connectivity index (χ3n) is 2.26. The molecule has 2 N–H and O–H groups in total. The van der Waals surface area contributed by atoms with E-state index in [2.05, 4.69) is 0 Å². The van der Waals surface area contributed by atoms with Crippen molar-refractivity contribution in [3.8, 4) is 0 Å². The number of hydrogen-bond donors (Lipinski definition) is 1. The average Bonchev–Trinajstić information content (AvgIpc) is 2.25. The number of hydrogen-bond acceptors (Lipinski definition) is 2. The van der Waals surface area contributed by atoms with Gasteiger partial charge in [-0.3, -0.25) is 0 Å². The van der Waals surface area contributed by atoms with E-state index in [-0.39, 0.29) is 5.82 Å². The highest BCUT2D eigenvalue weighted by Gasteiger charge is 2.05. The molecule has 0 atom stereocenters. The number of rotatable bonds is 2. The zero-order valence-corrected chi connectivity index (χ0v) is 9.72. The van der Waals surface area contributed by atoms with Gasteiger partial charge in [0.05, 0.1) is 0 Å². The van der Waals surface area contributed by atoms with Crippen LogP contribution in [0.5, 0.6) is 0 Å². The van der Waals surface area contributed by atoms with E-state index in [0.717, 1.165) is 16.1 Å². The topological polar surface area (TPSA) is 26.0 Å². The summed E-state index contributed by atoms with van der Waals surface area (Å²) < 4.78 is 13.4. The van der Waals surface area contributed by atoms with Crippen molar-refractivity contribution in [2.75, 3.05) is 5.73 Å². The first-order chi connectivity index (χ1) is 7.66. The van der Waals surface area contributed by atoms with Gasteiger partial charge in [0.1, 0.15) is 5.82 Å². The Hall–Kier alpha value is -1.48. The number of nitrogen functional groups attached to an aromatic ring is 1. The number of anilines is 1. The Morgan fingerprint density at radius 3 is 2.50 bits per heavy atom. The van der Waals surface area contributed by atoms with E-state index < -0.39 is 0 Å². The Morgan fingerprint density at radius 1 is 1.06 bits per heavy atom. The summed E-state index contributed by atoms with van der Waals surface area (Å²) in [6.45, 7) is 1.97. The molecule has 0 aliphatic rings. The summed E-state index contributed by atoms with van der Waals surface area (Å²) in [7, 11) is 0. The molecule has 0 saturated carbocycles. The fourth-order valence-corrected chi connectivity index (χ4v) is 2.34. The van der Waals surface area contributed by atoms with Gasteiger partial charge in [-0.1, -0.05) is 23.9 Å². The highest BCUT2D eigenvalue weighted by Crippen LogP contribution is 2.32. The fourth-order valence-electron chi connectivity index (χ4n) is 1.43. The second-order valence-corrected chi connectivity index (χ2v) is 4.64. The van der Waals surface area contributed by atoms with E-state index in [0.29, 0.717) is 4.90 Å². The van der Waals surface area contributed by atoms with Crippen molar-refractivity contribution >= 4 is 17.4 Å². The summed E-state index contributed by atoms with van der Waals surface area (Å²) >= 11 is 1.42. The van der Waals surface area contributed by atoms with Crippen LogP contribution >= 0.6 is 11.8 Å². The predicted octanol–water partition coefficient (Wildman–Crippen LogP) is 3.87. The van der Waals surface area contributed by atoms with E-state index in [9.17, 15) is 4.39 Å². The summed E-state index contributed by atoms with van der Waals surface area (Å²) in [6, 6.07) is 12.4. The molecule has 0 fully saturated rings. The third-order valence-corrected chi connectivity index (χ3v) is 3.48. The van der Waals surface area contributed by atoms with Gasteiger partial charge in [0.15, 0.2) is 0 Å². The number of nitrogens with two attached hydrogens (primary N) is 1. The van der Waals surface area contributed by atoms with E-state index >= 15 is 0 Å². The van der Waals surface area contributed by atoms with Crippen molar-refractivity contribution in [1.82, 2.24) is 0 Å². The van der Waals surface area contributed by atoms with Crippen LogP contribution < -0.4 is 5.73 Å². The van der Waals surface area contributed by atoms with Crippen LogP contribution in [-0.4, -0.2) is 0 Å². The van der Waals surface area contributed by atoms with E-state index in [1.807, 2.05) is 31.2 Å². The van der Waals surface area contributed by atoms with Crippen LogP contribution in [0.1, 0.15) is 5.56 Å². The predicted molar refractivity (Wildman–Crippen MR) is 66.1 cm³/mol. The van der Waals surface area contributed by atoms with Gasteiger partial charge in [-0.25, -0.2) is 4.39 Å². The molecule has 1 nitrogen and oxygen atoms in total. The van der Waals surface area contributed by atoms with Crippen LogP contribution in [0.2, 0.25) is 0 Å². The quantitative estimate of drug-likeness (QED) is 0.797. The van der Waals surface area contributed by atoms with Gasteiger partial charge < -0.3 is 5.73 Å². The van der Waals surface area contributed by atoms with Crippen LogP contribution in [-0.2, 0) is 0 Å². The molecular weight excluding hydrogens is 221 g/mol. The lowest BCUT2D eigenvalue weighted by atomic mass is 10.2. The third kappa shape index (κ3) is 2.36. The van der Waals surface area contributed by atoms with Crippen molar-refractivity contribution in [2.24, 2.45) is 0 Å². The molecule has 2 rings (SSSR count). The number of halogens is 1. The molecule has 16 heavy (non-hydrogen) atoms. The maximum Gasteiger partial charge on any atom is 0.137 e. The second kappa shape index (κ2) is 4.58. The normalized spacial score (nSPS) is 10.4. The Kier molecular flexibility index (Phi) is 3.15. The number of aryl methyl sites for hydroxylation is 1. The minimum atomic E-state index is -0.191. The Labute approximate surface area is 98.5 Å². The van der Waals surface area contributed by atoms with Crippen molar-refractivity contribution in [1.29, 1.82) is 0 Å². The van der Waals surface area contributed by atoms with Crippen LogP contribution in [0.3, 0.4) is 0 Å². The first kappa shape index (κ1) is 11.0. The lowest BCUT2D eigenvalue weighted by molar-refractivity contribution is 0.602. The molecule has 0 saturated heterocycles. The number of benzene rings is 2. The van der Waals surface area contributed by atoms with Crippen LogP contribution in [0, 0.1) is 12.7 Å². The van der Waals surface area contributed by atoms with Crippen molar-refractivity contribution in [3.05, 3.63) is 53.8 Å². The molecule has 0 spiro atoms. The van der Waals surface area contributed by atoms with Crippen molar-refractivity contribution in [3.63, 3.8) is 0 Å². The molecule has 0 bridgehead atoms. The van der Waals surface area contributed by atoms with Crippen molar-refractivity contribution < 1.29 is 4.39 Å². The molecule has 0 heterocycles. The Bertz CT molecular complexity index is 511. The molecule has 0 aromatic heterocycles. The first-order valence-electron chi connectivity index (χ1n) is 4.95. The molecule has 82 valence electrons. The van der Waals surface area contributed by atoms with Gasteiger partial charge in [-0.15, -0.1) is 0 Å². The standard InChI is InChI=1S/C13H12FNS/c1-9-8-10(15)6-7-12(9)16-13-5-3-2-4-11(13)14/h2-8H,15H2,1H3. The maximum absolute atomic E-state index is 13.4. The monoisotopic (exact) mass is 233 g/mol. The largest absolute Gasteiger partial charge is 0.399 e. The van der Waals surface area contributed by atoms with E-state index in [4.69, 9.17) is 5.73 Å². The Balaban J connectivity index is 2.31. The summed E-state index contributed by atoms with van der Waals surface area (Å²) in [5.41, 5.74) is 7.46. The second-order valence-electron chi connectivity index (χ2n) is 3.56. The lowest BCUT2D eigenvalue weighted by Gasteiger charge is -2.06. The molecule has 0 radical (unpaired) electrons. The zero-order valence-electron chi connectivity index (χ0n) is 8.91. The van der Waals surface area contributed by atoms with Gasteiger partial charge >= 0.3 is 0 Å². The molecule has 0 unspecified atom stereocenters. The Morgan fingerprint density at radius 2 is 1.81 bits per heavy atom. The zero-order chi connectivity index (χ0) is 11.5. The summed E-state index contributed by atoms with van der Waals surface area (Å²) in [5, 5.41) is 0. The molecule has 0 aliphatic heterocycles. The minimum Gasteiger partial charge on any atom is -0.399 e. The summed E-state index contributed by atoms with van der Waals surface area (Å²) in [4.78, 5) is 1.66. The summed E-state index contributed by atoms with van der Waals surface area (Å²) in [6.07, 6.45) is 0. The van der Waals surface area contributed by atoms with Crippen LogP contribution in [0.15, 0.2) is 52.3 Å². The van der Waals surface area contributed by atoms with Crippen molar-refractivity contribution in [2.45, 2.75) is 16.7 Å². The molecular formula is C13H12FNS. The SMILES string of the molecule is Cc1cc(N)ccc1Sc1ccccc1F. The summed E-state index contributed by atoms with van der Waals surface area (Å²) in [5.74, 6) is -0.191. The van der Waals surface area contributed by atoms with E-state index in [1.54, 1.807) is 12.1 Å². The molecule has 0 amide bonds. The molecule has 3 heteroatoms. The van der Waals surface area contributed by atoms with Gasteiger partial charge in [0.2, 0.25) is 0 Å². The first-order valence-corrected chi connectivity index (χ1v) is 5.77. The lowest BCUT2D eigenvalue weighted by Crippen LogP contribution is -1.87. The highest BCUT2D eigenvalue weighted by atomic mass is 32.2. The maximum atomic E-state index is 13.4. The molecule has 2 aromatic carbocycles.